The van der Waals surface area contributed by atoms with E-state index in [0.29, 0.717) is 24.4 Å². The lowest BCUT2D eigenvalue weighted by Crippen LogP contribution is -2.37. The van der Waals surface area contributed by atoms with Crippen LogP contribution in [0.4, 0.5) is 13.2 Å². The number of nitrogens with zero attached hydrogens (tertiary/aromatic N) is 1. The number of hydrogen-bond donors (Lipinski definition) is 1. The van der Waals surface area contributed by atoms with Crippen molar-refractivity contribution < 1.29 is 17.9 Å². The molecule has 106 valence electrons. The second-order valence-electron chi connectivity index (χ2n) is 5.22. The first-order valence-electron chi connectivity index (χ1n) is 6.60. The molecule has 6 heteroatoms. The molecule has 2 rings (SSSR count). The summed E-state index contributed by atoms with van der Waals surface area (Å²) >= 11 is 0. The quantitative estimate of drug-likeness (QED) is 0.763. The Balaban J connectivity index is 1.73. The minimum atomic E-state index is -4.21. The molecule has 2 fully saturated rings. The average Bonchev–Trinajstić information content (AvgIpc) is 2.82. The number of hydrogen-bond acceptors (Lipinski definition) is 3. The van der Waals surface area contributed by atoms with Gasteiger partial charge in [0.15, 0.2) is 0 Å². The molecule has 0 radical (unpaired) electrons. The lowest BCUT2D eigenvalue weighted by atomic mass is 9.93. The van der Waals surface area contributed by atoms with Crippen molar-refractivity contribution in [2.24, 2.45) is 11.8 Å². The zero-order valence-electron chi connectivity index (χ0n) is 10.7. The molecule has 0 aromatic carbocycles. The predicted octanol–water partition coefficient (Wildman–Crippen LogP) is 1.50. The SMILES string of the molecule is CCC1C2CNCC2CN1CCOCC(F)(F)F. The van der Waals surface area contributed by atoms with Gasteiger partial charge in [0.25, 0.3) is 0 Å². The lowest BCUT2D eigenvalue weighted by molar-refractivity contribution is -0.174. The van der Waals surface area contributed by atoms with Crippen molar-refractivity contribution in [2.75, 3.05) is 39.4 Å². The molecule has 2 heterocycles. The monoisotopic (exact) mass is 266 g/mol. The molecule has 0 spiro atoms. The third-order valence-electron chi connectivity index (χ3n) is 4.03. The van der Waals surface area contributed by atoms with Crippen LogP contribution < -0.4 is 5.32 Å². The molecule has 3 atom stereocenters. The molecule has 3 unspecified atom stereocenters. The van der Waals surface area contributed by atoms with Gasteiger partial charge >= 0.3 is 6.18 Å². The first-order chi connectivity index (χ1) is 8.51. The fourth-order valence-corrected chi connectivity index (χ4v) is 3.30. The van der Waals surface area contributed by atoms with Crippen LogP contribution in [-0.2, 0) is 4.74 Å². The van der Waals surface area contributed by atoms with Crippen molar-refractivity contribution in [3.8, 4) is 0 Å². The smallest absolute Gasteiger partial charge is 0.371 e. The van der Waals surface area contributed by atoms with Crippen LogP contribution >= 0.6 is 0 Å². The highest BCUT2D eigenvalue weighted by Gasteiger charge is 2.42. The normalized spacial score (nSPS) is 33.0. The molecule has 1 N–H and O–H groups in total. The number of ether oxygens (including phenoxy) is 1. The van der Waals surface area contributed by atoms with E-state index in [0.717, 1.165) is 26.1 Å². The number of halogens is 3. The second kappa shape index (κ2) is 5.75. The molecule has 2 aliphatic rings. The highest BCUT2D eigenvalue weighted by Crippen LogP contribution is 2.33. The summed E-state index contributed by atoms with van der Waals surface area (Å²) in [5.74, 6) is 1.33. The van der Waals surface area contributed by atoms with E-state index in [2.05, 4.69) is 17.1 Å². The van der Waals surface area contributed by atoms with E-state index in [9.17, 15) is 13.2 Å². The van der Waals surface area contributed by atoms with Crippen molar-refractivity contribution in [2.45, 2.75) is 25.6 Å². The Morgan fingerprint density at radius 3 is 2.78 bits per heavy atom. The van der Waals surface area contributed by atoms with Gasteiger partial charge in [-0.3, -0.25) is 4.90 Å². The molecule has 2 aliphatic heterocycles. The maximum atomic E-state index is 11.9. The van der Waals surface area contributed by atoms with E-state index in [-0.39, 0.29) is 6.61 Å². The molecule has 0 amide bonds. The molecule has 0 aliphatic carbocycles. The van der Waals surface area contributed by atoms with Gasteiger partial charge in [-0.15, -0.1) is 0 Å². The maximum Gasteiger partial charge on any atom is 0.411 e. The molecule has 2 saturated heterocycles. The first-order valence-corrected chi connectivity index (χ1v) is 6.60. The fourth-order valence-electron chi connectivity index (χ4n) is 3.30. The van der Waals surface area contributed by atoms with Gasteiger partial charge in [-0.25, -0.2) is 0 Å². The van der Waals surface area contributed by atoms with Crippen LogP contribution in [0, 0.1) is 11.8 Å². The van der Waals surface area contributed by atoms with Gasteiger partial charge in [0.2, 0.25) is 0 Å². The molecule has 0 saturated carbocycles. The van der Waals surface area contributed by atoms with Crippen LogP contribution in [0.15, 0.2) is 0 Å². The number of likely N-dealkylation sites (tertiary alicyclic amines) is 1. The second-order valence-corrected chi connectivity index (χ2v) is 5.22. The van der Waals surface area contributed by atoms with Gasteiger partial charge in [0.05, 0.1) is 6.61 Å². The highest BCUT2D eigenvalue weighted by molar-refractivity contribution is 4.97. The van der Waals surface area contributed by atoms with E-state index < -0.39 is 12.8 Å². The summed E-state index contributed by atoms with van der Waals surface area (Å²) < 4.78 is 40.5. The van der Waals surface area contributed by atoms with Crippen LogP contribution in [0.1, 0.15) is 13.3 Å². The molecule has 0 aromatic heterocycles. The molecule has 3 nitrogen and oxygen atoms in total. The van der Waals surface area contributed by atoms with E-state index >= 15 is 0 Å². The highest BCUT2D eigenvalue weighted by atomic mass is 19.4. The summed E-state index contributed by atoms with van der Waals surface area (Å²) in [7, 11) is 0. The van der Waals surface area contributed by atoms with Crippen molar-refractivity contribution in [1.29, 1.82) is 0 Å². The van der Waals surface area contributed by atoms with Crippen molar-refractivity contribution in [3.05, 3.63) is 0 Å². The van der Waals surface area contributed by atoms with Crippen LogP contribution in [0.2, 0.25) is 0 Å². The van der Waals surface area contributed by atoms with Gasteiger partial charge < -0.3 is 10.1 Å². The standard InChI is InChI=1S/C12H21F3N2O/c1-2-11-10-6-16-5-9(10)7-17(11)3-4-18-8-12(13,14)15/h9-11,16H,2-8H2,1H3. The number of nitrogens with one attached hydrogen (secondary N) is 1. The van der Waals surface area contributed by atoms with Crippen molar-refractivity contribution in [3.63, 3.8) is 0 Å². The zero-order valence-corrected chi connectivity index (χ0v) is 10.7. The molecule has 0 aromatic rings. The number of fused-ring (bicyclic) bond motifs is 1. The largest absolute Gasteiger partial charge is 0.411 e. The zero-order chi connectivity index (χ0) is 13.2. The summed E-state index contributed by atoms with van der Waals surface area (Å²) in [6.45, 7) is 4.88. The first kappa shape index (κ1) is 14.1. The minimum Gasteiger partial charge on any atom is -0.371 e. The average molecular weight is 266 g/mol. The van der Waals surface area contributed by atoms with Crippen molar-refractivity contribution in [1.82, 2.24) is 10.2 Å². The molecular formula is C12H21F3N2O. The molecular weight excluding hydrogens is 245 g/mol. The maximum absolute atomic E-state index is 11.9. The third-order valence-corrected chi connectivity index (χ3v) is 4.03. The summed E-state index contributed by atoms with van der Waals surface area (Å²) in [5.41, 5.74) is 0. The Hall–Kier alpha value is -0.330. The van der Waals surface area contributed by atoms with Gasteiger partial charge in [-0.2, -0.15) is 13.2 Å². The number of alkyl halides is 3. The third kappa shape index (κ3) is 3.36. The summed E-state index contributed by atoms with van der Waals surface area (Å²) in [6, 6.07) is 0.500. The van der Waals surface area contributed by atoms with Gasteiger partial charge in [0, 0.05) is 19.1 Å². The van der Waals surface area contributed by atoms with Crippen LogP contribution in [0.3, 0.4) is 0 Å². The lowest BCUT2D eigenvalue weighted by Gasteiger charge is -2.26. The minimum absolute atomic E-state index is 0.170. The van der Waals surface area contributed by atoms with E-state index in [1.165, 1.54) is 0 Å². The van der Waals surface area contributed by atoms with Crippen LogP contribution in [-0.4, -0.2) is 56.5 Å². The topological polar surface area (TPSA) is 24.5 Å². The Kier molecular flexibility index (Phi) is 4.50. The Morgan fingerprint density at radius 2 is 2.11 bits per heavy atom. The Bertz CT molecular complexity index is 273. The fraction of sp³-hybridized carbons (Fsp3) is 1.00. The summed E-state index contributed by atoms with van der Waals surface area (Å²) in [4.78, 5) is 2.30. The van der Waals surface area contributed by atoms with E-state index in [1.54, 1.807) is 0 Å². The number of rotatable bonds is 5. The van der Waals surface area contributed by atoms with Crippen molar-refractivity contribution >= 4 is 0 Å². The molecule has 18 heavy (non-hydrogen) atoms. The van der Waals surface area contributed by atoms with Gasteiger partial charge in [-0.05, 0) is 31.3 Å². The molecule has 0 bridgehead atoms. The predicted molar refractivity (Wildman–Crippen MR) is 62.4 cm³/mol. The van der Waals surface area contributed by atoms with E-state index in [4.69, 9.17) is 4.74 Å². The van der Waals surface area contributed by atoms with Gasteiger partial charge in [-0.1, -0.05) is 6.92 Å². The van der Waals surface area contributed by atoms with E-state index in [1.807, 2.05) is 0 Å². The van der Waals surface area contributed by atoms with Crippen LogP contribution in [0.5, 0.6) is 0 Å². The Morgan fingerprint density at radius 1 is 1.33 bits per heavy atom. The summed E-state index contributed by atoms with van der Waals surface area (Å²) in [5, 5.41) is 3.39. The Labute approximate surface area is 106 Å². The summed E-state index contributed by atoms with van der Waals surface area (Å²) in [6.07, 6.45) is -3.16. The van der Waals surface area contributed by atoms with Crippen LogP contribution in [0.25, 0.3) is 0 Å². The van der Waals surface area contributed by atoms with Gasteiger partial charge in [0.1, 0.15) is 6.61 Å².